The van der Waals surface area contributed by atoms with E-state index in [9.17, 15) is 0 Å². The maximum absolute atomic E-state index is 15.1. The molecule has 2 aliphatic carbocycles. The summed E-state index contributed by atoms with van der Waals surface area (Å²) in [5.74, 6) is 1.84. The van der Waals surface area contributed by atoms with Gasteiger partial charge in [-0.25, -0.2) is 8.78 Å². The molecule has 0 saturated heterocycles. The summed E-state index contributed by atoms with van der Waals surface area (Å²) in [6.07, 6.45) is 17.4. The Labute approximate surface area is 218 Å². The van der Waals surface area contributed by atoms with Crippen LogP contribution in [0.25, 0.3) is 11.1 Å². The van der Waals surface area contributed by atoms with E-state index in [1.807, 2.05) is 12.1 Å². The summed E-state index contributed by atoms with van der Waals surface area (Å²) >= 11 is 0. The smallest absolute Gasteiger partial charge is 0.134 e. The third-order valence-corrected chi connectivity index (χ3v) is 9.02. The van der Waals surface area contributed by atoms with E-state index in [2.05, 4.69) is 19.1 Å². The number of benzene rings is 2. The molecule has 2 fully saturated rings. The van der Waals surface area contributed by atoms with E-state index in [-0.39, 0.29) is 11.5 Å². The average molecular weight is 497 g/mol. The fourth-order valence-corrected chi connectivity index (χ4v) is 6.82. The van der Waals surface area contributed by atoms with E-state index in [1.54, 1.807) is 19.2 Å². The van der Waals surface area contributed by atoms with Crippen LogP contribution < -0.4 is 0 Å². The van der Waals surface area contributed by atoms with Gasteiger partial charge >= 0.3 is 0 Å². The van der Waals surface area contributed by atoms with Gasteiger partial charge in [0.1, 0.15) is 11.6 Å². The van der Waals surface area contributed by atoms with Gasteiger partial charge in [-0.15, -0.1) is 0 Å². The normalized spacial score (nSPS) is 24.7. The van der Waals surface area contributed by atoms with E-state index >= 15 is 8.78 Å². The molecule has 0 N–H and O–H groups in total. The van der Waals surface area contributed by atoms with Crippen molar-refractivity contribution in [1.82, 2.24) is 0 Å². The Morgan fingerprint density at radius 3 is 1.92 bits per heavy atom. The molecule has 0 spiro atoms. The topological polar surface area (TPSA) is 9.23 Å². The molecule has 2 aromatic rings. The predicted molar refractivity (Wildman–Crippen MR) is 146 cm³/mol. The van der Waals surface area contributed by atoms with Gasteiger partial charge in [-0.3, -0.25) is 0 Å². The van der Waals surface area contributed by atoms with Gasteiger partial charge in [-0.1, -0.05) is 82.6 Å². The van der Waals surface area contributed by atoms with Crippen LogP contribution in [0.4, 0.5) is 8.78 Å². The first-order chi connectivity index (χ1) is 17.6. The minimum absolute atomic E-state index is 0.108. The summed E-state index contributed by atoms with van der Waals surface area (Å²) in [5, 5.41) is 0. The van der Waals surface area contributed by atoms with Crippen molar-refractivity contribution >= 4 is 0 Å². The highest BCUT2D eigenvalue weighted by molar-refractivity contribution is 5.65. The van der Waals surface area contributed by atoms with Crippen LogP contribution >= 0.6 is 0 Å². The van der Waals surface area contributed by atoms with Gasteiger partial charge in [0, 0.05) is 13.7 Å². The molecule has 36 heavy (non-hydrogen) atoms. The monoisotopic (exact) mass is 496 g/mol. The molecule has 2 aliphatic rings. The lowest BCUT2D eigenvalue weighted by atomic mass is 9.78. The fourth-order valence-electron chi connectivity index (χ4n) is 6.82. The summed E-state index contributed by atoms with van der Waals surface area (Å²) < 4.78 is 35.4. The number of ether oxygens (including phenoxy) is 1. The van der Waals surface area contributed by atoms with Crippen molar-refractivity contribution in [2.75, 3.05) is 13.7 Å². The third kappa shape index (κ3) is 7.40. The summed E-state index contributed by atoms with van der Waals surface area (Å²) in [6.45, 7) is 3.09. The molecule has 0 radical (unpaired) electrons. The van der Waals surface area contributed by atoms with Crippen molar-refractivity contribution in [3.05, 3.63) is 59.2 Å². The van der Waals surface area contributed by atoms with Crippen molar-refractivity contribution in [3.63, 3.8) is 0 Å². The Hall–Kier alpha value is -1.74. The maximum Gasteiger partial charge on any atom is 0.134 e. The molecule has 0 atom stereocenters. The zero-order valence-electron chi connectivity index (χ0n) is 22.5. The van der Waals surface area contributed by atoms with Gasteiger partial charge in [0.25, 0.3) is 0 Å². The Bertz CT molecular complexity index is 898. The van der Waals surface area contributed by atoms with Crippen LogP contribution in [0.2, 0.25) is 0 Å². The molecule has 0 aromatic heterocycles. The maximum atomic E-state index is 15.1. The second-order valence-electron chi connectivity index (χ2n) is 11.7. The summed E-state index contributed by atoms with van der Waals surface area (Å²) in [4.78, 5) is 0. The summed E-state index contributed by atoms with van der Waals surface area (Å²) in [6, 6.07) is 11.0. The first kappa shape index (κ1) is 27.3. The van der Waals surface area contributed by atoms with Crippen molar-refractivity contribution in [1.29, 1.82) is 0 Å². The van der Waals surface area contributed by atoms with Crippen molar-refractivity contribution in [3.8, 4) is 11.1 Å². The van der Waals surface area contributed by atoms with Crippen molar-refractivity contribution in [2.45, 2.75) is 103 Å². The van der Waals surface area contributed by atoms with Gasteiger partial charge in [0.2, 0.25) is 0 Å². The fraction of sp³-hybridized carbons (Fsp3) is 0.636. The molecular weight excluding hydrogens is 450 g/mol. The Morgan fingerprint density at radius 2 is 1.33 bits per heavy atom. The molecule has 0 unspecified atom stereocenters. The summed E-state index contributed by atoms with van der Waals surface area (Å²) in [5.41, 5.74) is 2.81. The molecule has 0 bridgehead atoms. The molecule has 3 heteroatoms. The van der Waals surface area contributed by atoms with Gasteiger partial charge in [0.05, 0.1) is 5.56 Å². The molecule has 0 amide bonds. The molecule has 0 heterocycles. The second-order valence-corrected chi connectivity index (χ2v) is 11.7. The van der Waals surface area contributed by atoms with E-state index in [0.29, 0.717) is 11.5 Å². The van der Waals surface area contributed by atoms with E-state index < -0.39 is 11.6 Å². The van der Waals surface area contributed by atoms with Crippen LogP contribution in [-0.2, 0) is 11.2 Å². The standard InChI is InChI=1S/C33H46F2O/c1-3-6-24-9-11-25(12-10-24)7-4-5-8-26-13-19-29(20-14-26)33-31(34)21-30(22-32(33)35)28-17-15-27(16-18-28)23-36-2/h13-14,19-22,24-25,27-28H,3-12,15-18,23H2,1-2H3. The van der Waals surface area contributed by atoms with Crippen LogP contribution in [0, 0.1) is 29.4 Å². The predicted octanol–water partition coefficient (Wildman–Crippen LogP) is 9.87. The molecule has 198 valence electrons. The van der Waals surface area contributed by atoms with Crippen LogP contribution in [0.3, 0.4) is 0 Å². The first-order valence-electron chi connectivity index (χ1n) is 14.6. The van der Waals surface area contributed by atoms with E-state index in [1.165, 1.54) is 63.4 Å². The van der Waals surface area contributed by atoms with E-state index in [4.69, 9.17) is 4.74 Å². The van der Waals surface area contributed by atoms with Gasteiger partial charge in [-0.05, 0) is 91.0 Å². The zero-order valence-corrected chi connectivity index (χ0v) is 22.5. The van der Waals surface area contributed by atoms with Crippen LogP contribution in [0.5, 0.6) is 0 Å². The second kappa shape index (κ2) is 13.7. The summed E-state index contributed by atoms with van der Waals surface area (Å²) in [7, 11) is 1.74. The molecule has 1 nitrogen and oxygen atoms in total. The SMILES string of the molecule is CCCC1CCC(CCCCc2ccc(-c3c(F)cc(C4CCC(COC)CC4)cc3F)cc2)CC1. The lowest BCUT2D eigenvalue weighted by molar-refractivity contribution is 0.127. The zero-order chi connectivity index (χ0) is 25.3. The Kier molecular flexibility index (Phi) is 10.4. The highest BCUT2D eigenvalue weighted by Crippen LogP contribution is 2.38. The third-order valence-electron chi connectivity index (χ3n) is 9.02. The Balaban J connectivity index is 1.26. The van der Waals surface area contributed by atoms with Crippen LogP contribution in [0.1, 0.15) is 107 Å². The van der Waals surface area contributed by atoms with Gasteiger partial charge < -0.3 is 4.74 Å². The largest absolute Gasteiger partial charge is 0.384 e. The molecule has 2 saturated carbocycles. The number of hydrogen-bond acceptors (Lipinski definition) is 1. The van der Waals surface area contributed by atoms with E-state index in [0.717, 1.165) is 56.1 Å². The van der Waals surface area contributed by atoms with Crippen LogP contribution in [-0.4, -0.2) is 13.7 Å². The van der Waals surface area contributed by atoms with Crippen LogP contribution in [0.15, 0.2) is 36.4 Å². The quantitative estimate of drug-likeness (QED) is 0.281. The van der Waals surface area contributed by atoms with Crippen molar-refractivity contribution in [2.24, 2.45) is 17.8 Å². The highest BCUT2D eigenvalue weighted by Gasteiger charge is 2.25. The number of methoxy groups -OCH3 is 1. The minimum atomic E-state index is -0.439. The molecular formula is C33H46F2O. The van der Waals surface area contributed by atoms with Gasteiger partial charge in [-0.2, -0.15) is 0 Å². The first-order valence-corrected chi connectivity index (χ1v) is 14.6. The lowest BCUT2D eigenvalue weighted by Gasteiger charge is -2.28. The number of aryl methyl sites for hydroxylation is 1. The number of halogens is 2. The lowest BCUT2D eigenvalue weighted by Crippen LogP contribution is -2.17. The molecule has 4 rings (SSSR count). The highest BCUT2D eigenvalue weighted by atomic mass is 19.1. The number of rotatable bonds is 11. The average Bonchev–Trinajstić information content (AvgIpc) is 2.89. The van der Waals surface area contributed by atoms with Crippen molar-refractivity contribution < 1.29 is 13.5 Å². The number of unbranched alkanes of at least 4 members (excludes halogenated alkanes) is 1. The Morgan fingerprint density at radius 1 is 0.750 bits per heavy atom. The molecule has 2 aromatic carbocycles. The molecule has 0 aliphatic heterocycles. The number of hydrogen-bond donors (Lipinski definition) is 0. The van der Waals surface area contributed by atoms with Gasteiger partial charge in [0.15, 0.2) is 0 Å². The minimum Gasteiger partial charge on any atom is -0.384 e.